The second-order valence-electron chi connectivity index (χ2n) is 7.40. The van der Waals surface area contributed by atoms with Crippen molar-refractivity contribution in [3.05, 3.63) is 12.2 Å². The molecule has 1 heterocycles. The van der Waals surface area contributed by atoms with E-state index in [2.05, 4.69) is 19.6 Å². The SMILES string of the molecule is C=C(CO)[C@H](C)CC12CCCC(C#N)C1C1(CC2)OCCO1. The van der Waals surface area contributed by atoms with Gasteiger partial charge in [0.2, 0.25) is 0 Å². The molecule has 22 heavy (non-hydrogen) atoms. The topological polar surface area (TPSA) is 62.5 Å². The maximum atomic E-state index is 9.67. The molecule has 3 unspecified atom stereocenters. The van der Waals surface area contributed by atoms with Gasteiger partial charge in [-0.1, -0.05) is 19.9 Å². The Morgan fingerprint density at radius 1 is 1.36 bits per heavy atom. The van der Waals surface area contributed by atoms with Crippen LogP contribution in [-0.2, 0) is 9.47 Å². The van der Waals surface area contributed by atoms with Gasteiger partial charge < -0.3 is 14.6 Å². The standard InChI is InChI=1S/C18H27NO3/c1-13(14(2)12-20)10-17-5-3-4-15(11-19)16(17)18(7-6-17)21-8-9-22-18/h13,15-16,20H,2-10,12H2,1H3/t13-,15?,16?,17?/m1/s1. The summed E-state index contributed by atoms with van der Waals surface area (Å²) in [6.07, 6.45) is 6.11. The summed E-state index contributed by atoms with van der Waals surface area (Å²) >= 11 is 0. The fourth-order valence-corrected chi connectivity index (χ4v) is 5.23. The highest BCUT2D eigenvalue weighted by atomic mass is 16.7. The van der Waals surface area contributed by atoms with E-state index in [9.17, 15) is 10.4 Å². The molecule has 0 aromatic carbocycles. The predicted octanol–water partition coefficient (Wildman–Crippen LogP) is 3.02. The Morgan fingerprint density at radius 3 is 2.73 bits per heavy atom. The van der Waals surface area contributed by atoms with Crippen LogP contribution in [0.3, 0.4) is 0 Å². The lowest BCUT2D eigenvalue weighted by Crippen LogP contribution is -2.48. The van der Waals surface area contributed by atoms with Crippen LogP contribution in [0, 0.1) is 34.5 Å². The van der Waals surface area contributed by atoms with Crippen LogP contribution < -0.4 is 0 Å². The largest absolute Gasteiger partial charge is 0.392 e. The van der Waals surface area contributed by atoms with Crippen molar-refractivity contribution in [2.45, 2.75) is 51.2 Å². The molecular formula is C18H27NO3. The van der Waals surface area contributed by atoms with Crippen molar-refractivity contribution in [2.75, 3.05) is 19.8 Å². The molecule has 2 aliphatic carbocycles. The number of aliphatic hydroxyl groups is 1. The molecule has 122 valence electrons. The fraction of sp³-hybridized carbons (Fsp3) is 0.833. The van der Waals surface area contributed by atoms with Gasteiger partial charge in [-0.3, -0.25) is 0 Å². The fourth-order valence-electron chi connectivity index (χ4n) is 5.23. The van der Waals surface area contributed by atoms with Gasteiger partial charge in [0, 0.05) is 12.3 Å². The van der Waals surface area contributed by atoms with Crippen LogP contribution in [-0.4, -0.2) is 30.7 Å². The van der Waals surface area contributed by atoms with Crippen LogP contribution in [0.15, 0.2) is 12.2 Å². The third-order valence-corrected chi connectivity index (χ3v) is 6.25. The van der Waals surface area contributed by atoms with Gasteiger partial charge >= 0.3 is 0 Å². The van der Waals surface area contributed by atoms with E-state index in [4.69, 9.17) is 9.47 Å². The van der Waals surface area contributed by atoms with Crippen LogP contribution in [0.25, 0.3) is 0 Å². The highest BCUT2D eigenvalue weighted by molar-refractivity contribution is 5.14. The van der Waals surface area contributed by atoms with E-state index in [-0.39, 0.29) is 29.8 Å². The minimum Gasteiger partial charge on any atom is -0.392 e. The molecule has 0 amide bonds. The third-order valence-electron chi connectivity index (χ3n) is 6.25. The van der Waals surface area contributed by atoms with Crippen LogP contribution in [0.4, 0.5) is 0 Å². The number of rotatable bonds is 4. The van der Waals surface area contributed by atoms with E-state index in [0.717, 1.165) is 44.1 Å². The highest BCUT2D eigenvalue weighted by Gasteiger charge is 2.63. The first kappa shape index (κ1) is 16.0. The zero-order chi connectivity index (χ0) is 15.8. The molecule has 1 spiro atoms. The van der Waals surface area contributed by atoms with Gasteiger partial charge in [0.25, 0.3) is 0 Å². The summed E-state index contributed by atoms with van der Waals surface area (Å²) in [5.41, 5.74) is 0.988. The maximum absolute atomic E-state index is 9.67. The predicted molar refractivity (Wildman–Crippen MR) is 82.8 cm³/mol. The van der Waals surface area contributed by atoms with Gasteiger partial charge in [-0.05, 0) is 42.6 Å². The number of hydrogen-bond acceptors (Lipinski definition) is 4. The number of ether oxygens (including phenoxy) is 2. The summed E-state index contributed by atoms with van der Waals surface area (Å²) in [7, 11) is 0. The number of aliphatic hydroxyl groups excluding tert-OH is 1. The molecule has 4 atom stereocenters. The van der Waals surface area contributed by atoms with Gasteiger partial charge in [-0.25, -0.2) is 0 Å². The lowest BCUT2D eigenvalue weighted by Gasteiger charge is -2.47. The third kappa shape index (κ3) is 2.40. The van der Waals surface area contributed by atoms with Gasteiger partial charge in [-0.2, -0.15) is 5.26 Å². The smallest absolute Gasteiger partial charge is 0.173 e. The lowest BCUT2D eigenvalue weighted by molar-refractivity contribution is -0.210. The van der Waals surface area contributed by atoms with Crippen molar-refractivity contribution in [2.24, 2.45) is 23.2 Å². The molecule has 3 fully saturated rings. The molecule has 0 aromatic heterocycles. The van der Waals surface area contributed by atoms with Gasteiger partial charge in [0.05, 0.1) is 31.8 Å². The Hall–Kier alpha value is -0.890. The van der Waals surface area contributed by atoms with Crippen LogP contribution >= 0.6 is 0 Å². The van der Waals surface area contributed by atoms with Crippen molar-refractivity contribution in [3.8, 4) is 6.07 Å². The van der Waals surface area contributed by atoms with Crippen LogP contribution in [0.2, 0.25) is 0 Å². The summed E-state index contributed by atoms with van der Waals surface area (Å²) in [6, 6.07) is 2.54. The molecule has 1 N–H and O–H groups in total. The molecular weight excluding hydrogens is 278 g/mol. The van der Waals surface area contributed by atoms with Gasteiger partial charge in [0.15, 0.2) is 5.79 Å². The first-order valence-corrected chi connectivity index (χ1v) is 8.53. The molecule has 0 aromatic rings. The highest BCUT2D eigenvalue weighted by Crippen LogP contribution is 2.63. The minimum absolute atomic E-state index is 0.0175. The number of hydrogen-bond donors (Lipinski definition) is 1. The van der Waals surface area contributed by atoms with E-state index in [0.29, 0.717) is 13.2 Å². The normalized spacial score (nSPS) is 37.7. The molecule has 0 bridgehead atoms. The summed E-state index contributed by atoms with van der Waals surface area (Å²) < 4.78 is 12.1. The average Bonchev–Trinajstić information content (AvgIpc) is 3.13. The zero-order valence-corrected chi connectivity index (χ0v) is 13.5. The summed E-state index contributed by atoms with van der Waals surface area (Å²) in [5.74, 6) is -0.0817. The lowest BCUT2D eigenvalue weighted by atomic mass is 9.59. The second-order valence-corrected chi connectivity index (χ2v) is 7.40. The molecule has 1 saturated heterocycles. The van der Waals surface area contributed by atoms with E-state index < -0.39 is 5.79 Å². The molecule has 4 nitrogen and oxygen atoms in total. The van der Waals surface area contributed by atoms with Crippen molar-refractivity contribution >= 4 is 0 Å². The van der Waals surface area contributed by atoms with Crippen molar-refractivity contribution < 1.29 is 14.6 Å². The first-order valence-electron chi connectivity index (χ1n) is 8.53. The maximum Gasteiger partial charge on any atom is 0.173 e. The van der Waals surface area contributed by atoms with Gasteiger partial charge in [0.1, 0.15) is 0 Å². The van der Waals surface area contributed by atoms with E-state index >= 15 is 0 Å². The molecule has 1 aliphatic heterocycles. The Balaban J connectivity index is 1.90. The summed E-state index contributed by atoms with van der Waals surface area (Å²) in [5, 5.41) is 19.0. The summed E-state index contributed by atoms with van der Waals surface area (Å²) in [6.45, 7) is 7.47. The van der Waals surface area contributed by atoms with Crippen molar-refractivity contribution in [3.63, 3.8) is 0 Å². The average molecular weight is 305 g/mol. The quantitative estimate of drug-likeness (QED) is 0.811. The summed E-state index contributed by atoms with van der Waals surface area (Å²) in [4.78, 5) is 0. The number of fused-ring (bicyclic) bond motifs is 2. The van der Waals surface area contributed by atoms with Crippen LogP contribution in [0.1, 0.15) is 45.4 Å². The Bertz CT molecular complexity index is 477. The number of nitriles is 1. The van der Waals surface area contributed by atoms with Crippen molar-refractivity contribution in [1.82, 2.24) is 0 Å². The minimum atomic E-state index is -0.527. The Labute approximate surface area is 133 Å². The molecule has 3 rings (SSSR count). The zero-order valence-electron chi connectivity index (χ0n) is 13.5. The van der Waals surface area contributed by atoms with Crippen molar-refractivity contribution in [1.29, 1.82) is 5.26 Å². The molecule has 4 heteroatoms. The first-order chi connectivity index (χ1) is 10.6. The molecule has 3 aliphatic rings. The Kier molecular flexibility index (Phi) is 4.33. The number of nitrogens with zero attached hydrogens (tertiary/aromatic N) is 1. The molecule has 0 radical (unpaired) electrons. The van der Waals surface area contributed by atoms with E-state index in [1.165, 1.54) is 0 Å². The monoisotopic (exact) mass is 305 g/mol. The second kappa shape index (κ2) is 5.96. The molecule has 2 saturated carbocycles. The van der Waals surface area contributed by atoms with E-state index in [1.807, 2.05) is 0 Å². The van der Waals surface area contributed by atoms with Crippen LogP contribution in [0.5, 0.6) is 0 Å². The van der Waals surface area contributed by atoms with E-state index in [1.54, 1.807) is 0 Å². The Morgan fingerprint density at radius 2 is 2.09 bits per heavy atom. The van der Waals surface area contributed by atoms with Gasteiger partial charge in [-0.15, -0.1) is 0 Å².